The van der Waals surface area contributed by atoms with Crippen LogP contribution in [0.3, 0.4) is 0 Å². The molecular weight excluding hydrogens is 531 g/mol. The van der Waals surface area contributed by atoms with E-state index in [0.29, 0.717) is 5.02 Å². The highest BCUT2D eigenvalue weighted by molar-refractivity contribution is 7.92. The second-order valence-corrected chi connectivity index (χ2v) is 9.97. The zero-order valence-corrected chi connectivity index (χ0v) is 21.8. The number of anilines is 2. The molecule has 0 atom stereocenters. The van der Waals surface area contributed by atoms with Crippen LogP contribution in [0, 0.1) is 0 Å². The van der Waals surface area contributed by atoms with E-state index >= 15 is 0 Å². The summed E-state index contributed by atoms with van der Waals surface area (Å²) in [5.41, 5.74) is 0.186. The highest BCUT2D eigenvalue weighted by Gasteiger charge is 2.28. The van der Waals surface area contributed by atoms with Gasteiger partial charge in [0.05, 0.1) is 43.2 Å². The third kappa shape index (κ3) is 6.01. The number of carbonyl (C=O) groups excluding carboxylic acids is 2. The number of benzene rings is 3. The maximum Gasteiger partial charge on any atom is 0.340 e. The van der Waals surface area contributed by atoms with Gasteiger partial charge in [0.2, 0.25) is 5.91 Å². The number of nitrogens with one attached hydrogen (secondary N) is 1. The van der Waals surface area contributed by atoms with Gasteiger partial charge in [0.15, 0.2) is 11.5 Å². The largest absolute Gasteiger partial charge is 0.493 e. The molecule has 36 heavy (non-hydrogen) atoms. The predicted octanol–water partition coefficient (Wildman–Crippen LogP) is 4.63. The van der Waals surface area contributed by atoms with Crippen molar-refractivity contribution in [2.45, 2.75) is 4.90 Å². The predicted molar refractivity (Wildman–Crippen MR) is 137 cm³/mol. The van der Waals surface area contributed by atoms with Crippen LogP contribution >= 0.6 is 23.2 Å². The number of hydrogen-bond donors (Lipinski definition) is 1. The Morgan fingerprint density at radius 1 is 0.889 bits per heavy atom. The number of rotatable bonds is 9. The van der Waals surface area contributed by atoms with Gasteiger partial charge in [-0.25, -0.2) is 13.2 Å². The van der Waals surface area contributed by atoms with Crippen LogP contribution in [0.2, 0.25) is 10.0 Å². The van der Waals surface area contributed by atoms with Gasteiger partial charge in [0, 0.05) is 22.2 Å². The molecule has 3 aromatic carbocycles. The maximum absolute atomic E-state index is 13.5. The summed E-state index contributed by atoms with van der Waals surface area (Å²) in [6.45, 7) is -0.639. The van der Waals surface area contributed by atoms with Crippen LogP contribution in [-0.4, -0.2) is 48.2 Å². The monoisotopic (exact) mass is 552 g/mol. The summed E-state index contributed by atoms with van der Waals surface area (Å²) < 4.78 is 43.2. The smallest absolute Gasteiger partial charge is 0.340 e. The van der Waals surface area contributed by atoms with Crippen molar-refractivity contribution in [3.05, 3.63) is 76.3 Å². The maximum atomic E-state index is 13.5. The van der Waals surface area contributed by atoms with Crippen LogP contribution in [0.4, 0.5) is 11.4 Å². The Kier molecular flexibility index (Phi) is 8.67. The summed E-state index contributed by atoms with van der Waals surface area (Å²) in [7, 11) is -0.246. The number of esters is 1. The number of hydrogen-bond acceptors (Lipinski definition) is 7. The third-order valence-corrected chi connectivity index (χ3v) is 7.26. The van der Waals surface area contributed by atoms with Crippen molar-refractivity contribution in [2.24, 2.45) is 0 Å². The first-order chi connectivity index (χ1) is 17.1. The molecule has 0 saturated heterocycles. The Bertz CT molecular complexity index is 1380. The minimum atomic E-state index is -4.21. The number of ether oxygens (including phenoxy) is 3. The van der Waals surface area contributed by atoms with Gasteiger partial charge in [-0.2, -0.15) is 0 Å². The third-order valence-electron chi connectivity index (χ3n) is 4.99. The second-order valence-electron chi connectivity index (χ2n) is 7.24. The number of halogens is 2. The highest BCUT2D eigenvalue weighted by Crippen LogP contribution is 2.34. The molecular formula is C24H22Cl2N2O7S. The standard InChI is InChI=1S/C24H22Cl2N2O7S/c1-33-21-12-19(24(30)35-3)20(13-22(21)34-2)27-23(29)14-28(17-6-4-5-16(26)11-17)36(31,32)18-9-7-15(25)8-10-18/h4-13H,14H2,1-3H3,(H,27,29). The molecule has 3 aromatic rings. The molecule has 0 spiro atoms. The van der Waals surface area contributed by atoms with Crippen LogP contribution in [-0.2, 0) is 19.6 Å². The molecule has 0 aliphatic rings. The number of nitrogens with zero attached hydrogens (tertiary/aromatic N) is 1. The van der Waals surface area contributed by atoms with Crippen molar-refractivity contribution in [1.29, 1.82) is 0 Å². The average Bonchev–Trinajstić information content (AvgIpc) is 2.86. The minimum Gasteiger partial charge on any atom is -0.493 e. The topological polar surface area (TPSA) is 111 Å². The van der Waals surface area contributed by atoms with Crippen LogP contribution in [0.25, 0.3) is 0 Å². The van der Waals surface area contributed by atoms with Gasteiger partial charge in [0.1, 0.15) is 6.54 Å². The van der Waals surface area contributed by atoms with E-state index in [0.717, 1.165) is 4.31 Å². The zero-order chi connectivity index (χ0) is 26.5. The Hall–Kier alpha value is -3.47. The van der Waals surface area contributed by atoms with E-state index in [9.17, 15) is 18.0 Å². The lowest BCUT2D eigenvalue weighted by Crippen LogP contribution is -2.38. The van der Waals surface area contributed by atoms with Gasteiger partial charge >= 0.3 is 5.97 Å². The molecule has 1 N–H and O–H groups in total. The van der Waals surface area contributed by atoms with Gasteiger partial charge in [0.25, 0.3) is 10.0 Å². The van der Waals surface area contributed by atoms with Crippen molar-refractivity contribution in [1.82, 2.24) is 0 Å². The lowest BCUT2D eigenvalue weighted by atomic mass is 10.1. The summed E-state index contributed by atoms with van der Waals surface area (Å²) in [6.07, 6.45) is 0. The van der Waals surface area contributed by atoms with E-state index in [1.54, 1.807) is 12.1 Å². The number of carbonyl (C=O) groups is 2. The van der Waals surface area contributed by atoms with Crippen molar-refractivity contribution in [3.63, 3.8) is 0 Å². The van der Waals surface area contributed by atoms with Gasteiger partial charge in [-0.15, -0.1) is 0 Å². The van der Waals surface area contributed by atoms with Crippen molar-refractivity contribution >= 4 is 56.5 Å². The fourth-order valence-electron chi connectivity index (χ4n) is 3.26. The molecule has 0 radical (unpaired) electrons. The molecule has 0 saturated carbocycles. The second kappa shape index (κ2) is 11.5. The molecule has 0 aromatic heterocycles. The summed E-state index contributed by atoms with van der Waals surface area (Å²) >= 11 is 12.0. The van der Waals surface area contributed by atoms with Crippen LogP contribution in [0.1, 0.15) is 10.4 Å². The zero-order valence-electron chi connectivity index (χ0n) is 19.4. The summed E-state index contributed by atoms with van der Waals surface area (Å²) in [5.74, 6) is -1.01. The number of sulfonamides is 1. The quantitative estimate of drug-likeness (QED) is 0.385. The fraction of sp³-hybridized carbons (Fsp3) is 0.167. The molecule has 190 valence electrons. The van der Waals surface area contributed by atoms with Crippen molar-refractivity contribution in [2.75, 3.05) is 37.5 Å². The molecule has 1 amide bonds. The summed E-state index contributed by atoms with van der Waals surface area (Å²) in [4.78, 5) is 25.4. The van der Waals surface area contributed by atoms with E-state index in [-0.39, 0.29) is 38.4 Å². The normalized spacial score (nSPS) is 10.9. The first-order valence-electron chi connectivity index (χ1n) is 10.3. The molecule has 0 aliphatic carbocycles. The molecule has 0 fully saturated rings. The molecule has 0 unspecified atom stereocenters. The van der Waals surface area contributed by atoms with E-state index < -0.39 is 28.4 Å². The Balaban J connectivity index is 2.02. The molecule has 0 aliphatic heterocycles. The van der Waals surface area contributed by atoms with Crippen LogP contribution < -0.4 is 19.1 Å². The van der Waals surface area contributed by atoms with Gasteiger partial charge in [-0.1, -0.05) is 29.3 Å². The first kappa shape index (κ1) is 27.1. The van der Waals surface area contributed by atoms with E-state index in [2.05, 4.69) is 5.32 Å². The summed E-state index contributed by atoms with van der Waals surface area (Å²) in [6, 6.07) is 14.3. The molecule has 12 heteroatoms. The number of methoxy groups -OCH3 is 3. The van der Waals surface area contributed by atoms with Gasteiger partial charge < -0.3 is 19.5 Å². The van der Waals surface area contributed by atoms with Crippen LogP contribution in [0.15, 0.2) is 65.6 Å². The van der Waals surface area contributed by atoms with Gasteiger partial charge in [-0.3, -0.25) is 9.10 Å². The molecule has 0 bridgehead atoms. The Labute approximate surface area is 218 Å². The fourth-order valence-corrected chi connectivity index (χ4v) is 4.98. The lowest BCUT2D eigenvalue weighted by Gasteiger charge is -2.24. The van der Waals surface area contributed by atoms with Crippen molar-refractivity contribution < 1.29 is 32.2 Å². The summed E-state index contributed by atoms with van der Waals surface area (Å²) in [5, 5.41) is 3.19. The first-order valence-corrected chi connectivity index (χ1v) is 12.5. The Morgan fingerprint density at radius 2 is 1.53 bits per heavy atom. The van der Waals surface area contributed by atoms with Crippen molar-refractivity contribution in [3.8, 4) is 11.5 Å². The minimum absolute atomic E-state index is 0.0154. The average molecular weight is 553 g/mol. The van der Waals surface area contributed by atoms with E-state index in [1.165, 1.54) is 69.9 Å². The molecule has 0 heterocycles. The van der Waals surface area contributed by atoms with E-state index in [4.69, 9.17) is 37.4 Å². The SMILES string of the molecule is COC(=O)c1cc(OC)c(OC)cc1NC(=O)CN(c1cccc(Cl)c1)S(=O)(=O)c1ccc(Cl)cc1. The van der Waals surface area contributed by atoms with E-state index in [1.807, 2.05) is 0 Å². The molecule has 9 nitrogen and oxygen atoms in total. The van der Waals surface area contributed by atoms with Crippen LogP contribution in [0.5, 0.6) is 11.5 Å². The Morgan fingerprint density at radius 3 is 2.11 bits per heavy atom. The van der Waals surface area contributed by atoms with Gasteiger partial charge in [-0.05, 0) is 42.5 Å². The molecule has 3 rings (SSSR count). The lowest BCUT2D eigenvalue weighted by molar-refractivity contribution is -0.114. The highest BCUT2D eigenvalue weighted by atomic mass is 35.5. The number of amides is 1.